The van der Waals surface area contributed by atoms with Gasteiger partial charge in [0.15, 0.2) is 0 Å². The van der Waals surface area contributed by atoms with Crippen LogP contribution in [0.3, 0.4) is 0 Å². The summed E-state index contributed by atoms with van der Waals surface area (Å²) in [7, 11) is -2.48. The highest BCUT2D eigenvalue weighted by Gasteiger charge is 2.62. The number of carbonyl (C=O) groups excluding carboxylic acids is 2. The summed E-state index contributed by atoms with van der Waals surface area (Å²) in [6, 6.07) is 19.4. The number of benzene rings is 4. The van der Waals surface area contributed by atoms with Gasteiger partial charge in [-0.2, -0.15) is 4.31 Å². The van der Waals surface area contributed by atoms with E-state index in [1.54, 1.807) is 18.2 Å². The van der Waals surface area contributed by atoms with Gasteiger partial charge in [0.25, 0.3) is 5.91 Å². The van der Waals surface area contributed by atoms with Crippen molar-refractivity contribution in [2.75, 3.05) is 37.4 Å². The molecule has 2 saturated heterocycles. The zero-order chi connectivity index (χ0) is 43.1. The van der Waals surface area contributed by atoms with E-state index >= 15 is 4.39 Å². The third-order valence-electron chi connectivity index (χ3n) is 13.6. The van der Waals surface area contributed by atoms with Crippen LogP contribution in [0.1, 0.15) is 85.0 Å². The number of rotatable bonds is 7. The molecule has 4 heterocycles. The van der Waals surface area contributed by atoms with Gasteiger partial charge in [-0.25, -0.2) is 12.8 Å². The number of nitrogens with zero attached hydrogens (tertiary/aromatic N) is 1. The minimum atomic E-state index is -3.90. The number of hydrogen-bond acceptors (Lipinski definition) is 7. The van der Waals surface area contributed by atoms with E-state index in [0.717, 1.165) is 28.8 Å². The minimum Gasteiger partial charge on any atom is -0.495 e. The second-order valence-corrected chi connectivity index (χ2v) is 21.1. The van der Waals surface area contributed by atoms with Gasteiger partial charge in [-0.15, -0.1) is 0 Å². The van der Waals surface area contributed by atoms with E-state index < -0.39 is 39.1 Å². The van der Waals surface area contributed by atoms with Gasteiger partial charge in [-0.05, 0) is 95.7 Å². The van der Waals surface area contributed by atoms with Gasteiger partial charge in [0.1, 0.15) is 11.6 Å². The number of hydrogen-bond donors (Lipinski definition) is 4. The lowest BCUT2D eigenvalue weighted by atomic mass is 9.63. The van der Waals surface area contributed by atoms with Crippen LogP contribution in [-0.4, -0.2) is 63.4 Å². The van der Waals surface area contributed by atoms with E-state index in [-0.39, 0.29) is 50.1 Å². The van der Waals surface area contributed by atoms with E-state index in [0.29, 0.717) is 61.6 Å². The Bertz CT molecular complexity index is 2650. The van der Waals surface area contributed by atoms with Crippen molar-refractivity contribution >= 4 is 56.4 Å². The summed E-state index contributed by atoms with van der Waals surface area (Å²) in [5.41, 5.74) is 3.87. The molecule has 10 nitrogen and oxygen atoms in total. The predicted octanol–water partition coefficient (Wildman–Crippen LogP) is 8.09. The molecule has 318 valence electrons. The second-order valence-electron chi connectivity index (χ2n) is 18.3. The number of methoxy groups -OCH3 is 1. The van der Waals surface area contributed by atoms with E-state index in [4.69, 9.17) is 27.9 Å². The number of piperidine rings is 1. The van der Waals surface area contributed by atoms with Gasteiger partial charge in [-0.1, -0.05) is 80.1 Å². The predicted molar refractivity (Wildman–Crippen MR) is 235 cm³/mol. The number of amides is 2. The lowest BCUT2D eigenvalue weighted by molar-refractivity contribution is -0.118. The Hall–Kier alpha value is -4.64. The summed E-state index contributed by atoms with van der Waals surface area (Å²) in [4.78, 5) is 26.9. The largest absolute Gasteiger partial charge is 0.495 e. The minimum absolute atomic E-state index is 0.0227. The van der Waals surface area contributed by atoms with Crippen molar-refractivity contribution < 1.29 is 27.1 Å². The molecule has 2 amide bonds. The molecule has 4 N–H and O–H groups in total. The smallest absolute Gasteiger partial charge is 0.251 e. The lowest BCUT2D eigenvalue weighted by Gasteiger charge is -2.39. The van der Waals surface area contributed by atoms with Crippen molar-refractivity contribution in [1.82, 2.24) is 14.9 Å². The summed E-state index contributed by atoms with van der Waals surface area (Å²) in [5, 5.41) is 13.6. The van der Waals surface area contributed by atoms with Crippen molar-refractivity contribution in [2.24, 2.45) is 16.7 Å². The van der Waals surface area contributed by atoms with Crippen molar-refractivity contribution in [3.8, 4) is 17.6 Å². The van der Waals surface area contributed by atoms with Crippen LogP contribution in [0.15, 0.2) is 77.7 Å². The highest BCUT2D eigenvalue weighted by Crippen LogP contribution is 2.60. The van der Waals surface area contributed by atoms with Crippen molar-refractivity contribution in [3.05, 3.63) is 116 Å². The molecular weight excluding hydrogens is 837 g/mol. The second kappa shape index (κ2) is 15.3. The number of carbonyl (C=O) groups is 2. The SMILES string of the molecule is COc1cc(S(=O)(=O)N2CCC3(CC2)C[C@H]3C#Cc2cccc3c2CNC3=O)ccc1NC(=O)[C@@H]1N[C@@H](CC(C)(C)C)[C@@]2(CNc3cc(Cl)ccc32)[C@H]1c1cccc(Cl)c1F. The monoisotopic (exact) mass is 883 g/mol. The van der Waals surface area contributed by atoms with Gasteiger partial charge in [-0.3, -0.25) is 9.59 Å². The Labute approximate surface area is 366 Å². The van der Waals surface area contributed by atoms with Crippen LogP contribution in [0.2, 0.25) is 10.0 Å². The zero-order valence-corrected chi connectivity index (χ0v) is 36.8. The molecule has 61 heavy (non-hydrogen) atoms. The number of halogens is 3. The first kappa shape index (κ1) is 41.7. The van der Waals surface area contributed by atoms with Crippen LogP contribution in [0, 0.1) is 34.4 Å². The van der Waals surface area contributed by atoms with Gasteiger partial charge in [0.2, 0.25) is 15.9 Å². The van der Waals surface area contributed by atoms with Gasteiger partial charge < -0.3 is 26.0 Å². The van der Waals surface area contributed by atoms with Gasteiger partial charge in [0.05, 0.1) is 28.8 Å². The van der Waals surface area contributed by atoms with Crippen molar-refractivity contribution in [2.45, 2.75) is 81.3 Å². The molecule has 4 aromatic carbocycles. The molecule has 1 aliphatic carbocycles. The van der Waals surface area contributed by atoms with E-state index in [1.165, 1.54) is 29.6 Å². The number of nitrogens with one attached hydrogen (secondary N) is 4. The van der Waals surface area contributed by atoms with Crippen LogP contribution in [0.5, 0.6) is 5.75 Å². The fraction of sp³-hybridized carbons (Fsp3) is 0.404. The Kier molecular flexibility index (Phi) is 10.5. The Balaban J connectivity index is 0.951. The maximum atomic E-state index is 16.3. The van der Waals surface area contributed by atoms with Crippen LogP contribution in [0.25, 0.3) is 0 Å². The van der Waals surface area contributed by atoms with Gasteiger partial charge in [0, 0.05) is 77.4 Å². The summed E-state index contributed by atoms with van der Waals surface area (Å²) in [6.45, 7) is 8.03. The average molecular weight is 885 g/mol. The number of anilines is 2. The molecule has 0 unspecified atom stereocenters. The molecule has 2 spiro atoms. The van der Waals surface area contributed by atoms with Crippen LogP contribution < -0.4 is 26.0 Å². The molecular formula is C47H48Cl2FN5O5S. The van der Waals surface area contributed by atoms with E-state index in [9.17, 15) is 18.0 Å². The Morgan fingerprint density at radius 2 is 1.80 bits per heavy atom. The maximum absolute atomic E-state index is 16.3. The number of sulfonamides is 1. The zero-order valence-electron chi connectivity index (χ0n) is 34.4. The average Bonchev–Trinajstić information content (AvgIpc) is 3.45. The van der Waals surface area contributed by atoms with E-state index in [2.05, 4.69) is 53.9 Å². The molecule has 1 saturated carbocycles. The van der Waals surface area contributed by atoms with Gasteiger partial charge >= 0.3 is 0 Å². The first-order valence-electron chi connectivity index (χ1n) is 20.7. The third kappa shape index (κ3) is 7.26. The molecule has 9 rings (SSSR count). The third-order valence-corrected chi connectivity index (χ3v) is 16.0. The first-order valence-corrected chi connectivity index (χ1v) is 22.9. The standard InChI is InChI=1S/C47H48Cl2FN5O5S/c1-45(2,3)24-39-47(26-52-37-21-29(48)13-15-34(37)47)40(32-9-6-10-35(49)41(32)50)42(54-39)44(57)53-36-16-14-30(22-38(36)60-4)61(58,59)55-19-17-46(18-20-55)23-28(46)12-11-27-7-5-8-31-33(27)25-51-43(31)56/h5-10,13-16,21-22,28,39-40,42,52,54H,17-20,23-26H2,1-4H3,(H,51,56)(H,53,57)/t28-,39+,40+,42-,47+/m1/s1. The number of fused-ring (bicyclic) bond motifs is 3. The topological polar surface area (TPSA) is 129 Å². The quantitative estimate of drug-likeness (QED) is 0.138. The number of ether oxygens (including phenoxy) is 1. The fourth-order valence-electron chi connectivity index (χ4n) is 10.4. The van der Waals surface area contributed by atoms with Crippen LogP contribution in [-0.2, 0) is 26.8 Å². The summed E-state index contributed by atoms with van der Waals surface area (Å²) in [6.07, 6.45) is 2.96. The molecule has 4 aromatic rings. The highest BCUT2D eigenvalue weighted by atomic mass is 35.5. The molecule has 0 radical (unpaired) electrons. The van der Waals surface area contributed by atoms with Crippen molar-refractivity contribution in [3.63, 3.8) is 0 Å². The highest BCUT2D eigenvalue weighted by molar-refractivity contribution is 7.89. The molecule has 5 atom stereocenters. The molecule has 14 heteroatoms. The molecule has 3 fully saturated rings. The Morgan fingerprint density at radius 3 is 2.56 bits per heavy atom. The summed E-state index contributed by atoms with van der Waals surface area (Å²) < 4.78 is 51.7. The molecule has 4 aliphatic heterocycles. The van der Waals surface area contributed by atoms with Crippen LogP contribution in [0.4, 0.5) is 15.8 Å². The Morgan fingerprint density at radius 1 is 1.03 bits per heavy atom. The fourth-order valence-corrected chi connectivity index (χ4v) is 12.2. The van der Waals surface area contributed by atoms with E-state index in [1.807, 2.05) is 36.4 Å². The normalized spacial score (nSPS) is 25.0. The lowest BCUT2D eigenvalue weighted by Crippen LogP contribution is -2.46. The summed E-state index contributed by atoms with van der Waals surface area (Å²) >= 11 is 12.9. The molecule has 5 aliphatic rings. The summed E-state index contributed by atoms with van der Waals surface area (Å²) in [5.74, 6) is 5.28. The maximum Gasteiger partial charge on any atom is 0.251 e. The van der Waals surface area contributed by atoms with Crippen LogP contribution >= 0.6 is 23.2 Å². The van der Waals surface area contributed by atoms with Crippen molar-refractivity contribution in [1.29, 1.82) is 0 Å². The molecule has 0 bridgehead atoms. The molecule has 0 aromatic heterocycles. The first-order chi connectivity index (χ1) is 29.0.